The van der Waals surface area contributed by atoms with Crippen LogP contribution in [0.5, 0.6) is 0 Å². The molecule has 0 unspecified atom stereocenters. The van der Waals surface area contributed by atoms with E-state index in [-0.39, 0.29) is 26.9 Å². The predicted molar refractivity (Wildman–Crippen MR) is 104 cm³/mol. The van der Waals surface area contributed by atoms with Crippen LogP contribution < -0.4 is 10.0 Å². The van der Waals surface area contributed by atoms with Crippen molar-refractivity contribution in [1.29, 1.82) is 0 Å². The number of halogens is 1. The maximum Gasteiger partial charge on any atom is 0.270 e. The third-order valence-corrected chi connectivity index (χ3v) is 5.64. The highest BCUT2D eigenvalue weighted by atomic mass is 35.5. The van der Waals surface area contributed by atoms with Crippen LogP contribution in [-0.2, 0) is 10.0 Å². The minimum absolute atomic E-state index is 0.0350. The lowest BCUT2D eigenvalue weighted by molar-refractivity contribution is -0.384. The topological polar surface area (TPSA) is 131 Å². The molecule has 0 bridgehead atoms. The number of carbonyl (C=O) groups is 1. The van der Waals surface area contributed by atoms with E-state index in [1.54, 1.807) is 0 Å². The van der Waals surface area contributed by atoms with Crippen LogP contribution in [0.3, 0.4) is 0 Å². The second-order valence-corrected chi connectivity index (χ2v) is 8.03. The molecule has 0 fully saturated rings. The number of aliphatic imine (C=N–C) groups is 1. The molecule has 0 aromatic heterocycles. The molecule has 28 heavy (non-hydrogen) atoms. The monoisotopic (exact) mass is 422 g/mol. The maximum atomic E-state index is 12.5. The van der Waals surface area contributed by atoms with Crippen LogP contribution in [0.25, 0.3) is 0 Å². The smallest absolute Gasteiger partial charge is 0.270 e. The molecule has 11 heteroatoms. The van der Waals surface area contributed by atoms with Gasteiger partial charge in [-0.1, -0.05) is 17.7 Å². The number of hydrogen-bond acceptors (Lipinski definition) is 6. The van der Waals surface area contributed by atoms with Gasteiger partial charge in [-0.3, -0.25) is 24.6 Å². The standard InChI is InChI=1S/C17H15ClN4O5S/c18-15-7-6-12(22(24)25)10-14(15)17(23)20-11-3-1-4-13(9-11)28(26,27)21-16-5-2-8-19-16/h1,3-4,6-7,9-10H,2,5,8H2,(H,19,21)(H,20,23). The van der Waals surface area contributed by atoms with Crippen molar-refractivity contribution in [1.82, 2.24) is 4.72 Å². The van der Waals surface area contributed by atoms with Crippen LogP contribution in [0.2, 0.25) is 5.02 Å². The maximum absolute atomic E-state index is 12.5. The van der Waals surface area contributed by atoms with Crippen molar-refractivity contribution in [3.63, 3.8) is 0 Å². The van der Waals surface area contributed by atoms with E-state index in [2.05, 4.69) is 15.0 Å². The van der Waals surface area contributed by atoms with Gasteiger partial charge in [0.05, 0.1) is 20.4 Å². The number of nitro benzene ring substituents is 1. The number of rotatable bonds is 5. The predicted octanol–water partition coefficient (Wildman–Crippen LogP) is 2.97. The van der Waals surface area contributed by atoms with Crippen molar-refractivity contribution in [2.45, 2.75) is 17.7 Å². The Balaban J connectivity index is 1.82. The zero-order chi connectivity index (χ0) is 20.3. The Bertz CT molecular complexity index is 1080. The van der Waals surface area contributed by atoms with Crippen LogP contribution in [0.1, 0.15) is 23.2 Å². The minimum Gasteiger partial charge on any atom is -0.322 e. The van der Waals surface area contributed by atoms with Gasteiger partial charge in [-0.05, 0) is 30.7 Å². The number of amides is 1. The lowest BCUT2D eigenvalue weighted by atomic mass is 10.2. The van der Waals surface area contributed by atoms with Crippen LogP contribution in [0.4, 0.5) is 11.4 Å². The third-order valence-electron chi connectivity index (χ3n) is 3.93. The molecule has 2 aromatic rings. The normalized spacial score (nSPS) is 13.7. The summed E-state index contributed by atoms with van der Waals surface area (Å²) >= 11 is 5.96. The lowest BCUT2D eigenvalue weighted by Crippen LogP contribution is -2.29. The minimum atomic E-state index is -3.84. The van der Waals surface area contributed by atoms with E-state index >= 15 is 0 Å². The van der Waals surface area contributed by atoms with Gasteiger partial charge < -0.3 is 5.32 Å². The molecule has 0 saturated heterocycles. The van der Waals surface area contributed by atoms with Crippen molar-refractivity contribution >= 4 is 44.7 Å². The second-order valence-electron chi connectivity index (χ2n) is 5.94. The van der Waals surface area contributed by atoms with Gasteiger partial charge in [0, 0.05) is 30.8 Å². The van der Waals surface area contributed by atoms with Gasteiger partial charge in [0.15, 0.2) is 0 Å². The van der Waals surface area contributed by atoms with E-state index in [1.165, 1.54) is 36.4 Å². The molecule has 1 aliphatic rings. The summed E-state index contributed by atoms with van der Waals surface area (Å²) in [7, 11) is -3.84. The van der Waals surface area contributed by atoms with Gasteiger partial charge in [-0.15, -0.1) is 0 Å². The van der Waals surface area contributed by atoms with Crippen molar-refractivity contribution in [2.24, 2.45) is 4.99 Å². The Morgan fingerprint density at radius 3 is 2.68 bits per heavy atom. The summed E-state index contributed by atoms with van der Waals surface area (Å²) in [5.41, 5.74) is -0.182. The molecule has 1 heterocycles. The average molecular weight is 423 g/mol. The first-order valence-corrected chi connectivity index (χ1v) is 10.0. The molecule has 9 nitrogen and oxygen atoms in total. The Morgan fingerprint density at radius 1 is 1.21 bits per heavy atom. The highest BCUT2D eigenvalue weighted by Crippen LogP contribution is 2.24. The van der Waals surface area contributed by atoms with E-state index in [4.69, 9.17) is 11.6 Å². The highest BCUT2D eigenvalue weighted by Gasteiger charge is 2.20. The zero-order valence-electron chi connectivity index (χ0n) is 14.4. The number of nitrogens with one attached hydrogen (secondary N) is 2. The summed E-state index contributed by atoms with van der Waals surface area (Å²) < 4.78 is 27.4. The fourth-order valence-electron chi connectivity index (χ4n) is 2.58. The van der Waals surface area contributed by atoms with Crippen LogP contribution in [-0.4, -0.2) is 31.6 Å². The molecule has 0 spiro atoms. The lowest BCUT2D eigenvalue weighted by Gasteiger charge is -2.10. The fraction of sp³-hybridized carbons (Fsp3) is 0.176. The molecule has 0 saturated carbocycles. The SMILES string of the molecule is O=C(Nc1cccc(S(=O)(=O)NC2=NCCC2)c1)c1cc([N+](=O)[O-])ccc1Cl. The number of nitro groups is 1. The fourth-order valence-corrected chi connectivity index (χ4v) is 3.92. The van der Waals surface area contributed by atoms with Gasteiger partial charge in [-0.2, -0.15) is 0 Å². The third kappa shape index (κ3) is 4.46. The first-order chi connectivity index (χ1) is 13.3. The first kappa shape index (κ1) is 19.8. The first-order valence-electron chi connectivity index (χ1n) is 8.18. The van der Waals surface area contributed by atoms with Crippen molar-refractivity contribution in [3.05, 3.63) is 63.2 Å². The summed E-state index contributed by atoms with van der Waals surface area (Å²) in [5, 5.41) is 13.4. The molecule has 146 valence electrons. The highest BCUT2D eigenvalue weighted by molar-refractivity contribution is 7.90. The molecule has 0 atom stereocenters. The molecule has 1 aliphatic heterocycles. The van der Waals surface area contributed by atoms with Crippen molar-refractivity contribution in [3.8, 4) is 0 Å². The summed E-state index contributed by atoms with van der Waals surface area (Å²) in [6.07, 6.45) is 1.35. The summed E-state index contributed by atoms with van der Waals surface area (Å²) in [6, 6.07) is 9.11. The van der Waals surface area contributed by atoms with Crippen molar-refractivity contribution < 1.29 is 18.1 Å². The number of nitrogens with zero attached hydrogens (tertiary/aromatic N) is 2. The number of sulfonamides is 1. The number of hydrogen-bond donors (Lipinski definition) is 2. The number of benzene rings is 2. The number of amidine groups is 1. The summed E-state index contributed by atoms with van der Waals surface area (Å²) in [4.78, 5) is 26.7. The Morgan fingerprint density at radius 2 is 2.00 bits per heavy atom. The average Bonchev–Trinajstić information content (AvgIpc) is 3.14. The van der Waals surface area contributed by atoms with Gasteiger partial charge >= 0.3 is 0 Å². The van der Waals surface area contributed by atoms with E-state index in [9.17, 15) is 23.3 Å². The second kappa shape index (κ2) is 7.95. The van der Waals surface area contributed by atoms with Crippen LogP contribution >= 0.6 is 11.6 Å². The van der Waals surface area contributed by atoms with Crippen LogP contribution in [0, 0.1) is 10.1 Å². The molecule has 3 rings (SSSR count). The molecular weight excluding hydrogens is 408 g/mol. The van der Waals surface area contributed by atoms with E-state index in [0.717, 1.165) is 12.5 Å². The quantitative estimate of drug-likeness (QED) is 0.564. The van der Waals surface area contributed by atoms with Gasteiger partial charge in [0.1, 0.15) is 5.84 Å². The van der Waals surface area contributed by atoms with E-state index in [0.29, 0.717) is 18.8 Å². The van der Waals surface area contributed by atoms with Gasteiger partial charge in [-0.25, -0.2) is 8.42 Å². The largest absolute Gasteiger partial charge is 0.322 e. The zero-order valence-corrected chi connectivity index (χ0v) is 16.0. The van der Waals surface area contributed by atoms with Gasteiger partial charge in [0.2, 0.25) is 0 Å². The molecule has 2 N–H and O–H groups in total. The Kier molecular flexibility index (Phi) is 5.61. The molecule has 0 aliphatic carbocycles. The Labute approximate surface area is 165 Å². The molecule has 1 amide bonds. The number of non-ortho nitro benzene ring substituents is 1. The summed E-state index contributed by atoms with van der Waals surface area (Å²) in [6.45, 7) is 0.581. The van der Waals surface area contributed by atoms with Gasteiger partial charge in [0.25, 0.3) is 21.6 Å². The van der Waals surface area contributed by atoms with Crippen LogP contribution in [0.15, 0.2) is 52.4 Å². The van der Waals surface area contributed by atoms with Crippen molar-refractivity contribution in [2.75, 3.05) is 11.9 Å². The molecule has 2 aromatic carbocycles. The summed E-state index contributed by atoms with van der Waals surface area (Å²) in [5.74, 6) is -0.297. The number of anilines is 1. The molecular formula is C17H15ClN4O5S. The Hall–Kier alpha value is -2.98. The van der Waals surface area contributed by atoms with E-state index < -0.39 is 20.9 Å². The van der Waals surface area contributed by atoms with E-state index in [1.807, 2.05) is 0 Å². The number of carbonyl (C=O) groups excluding carboxylic acids is 1. The molecule has 0 radical (unpaired) electrons.